The van der Waals surface area contributed by atoms with E-state index in [1.54, 1.807) is 24.0 Å². The van der Waals surface area contributed by atoms with Crippen LogP contribution in [0.2, 0.25) is 0 Å². The molecule has 0 N–H and O–H groups in total. The highest BCUT2D eigenvalue weighted by molar-refractivity contribution is 7.91. The molecular weight excluding hydrogens is 228 g/mol. The van der Waals surface area contributed by atoms with Crippen molar-refractivity contribution in [1.29, 1.82) is 0 Å². The smallest absolute Gasteiger partial charge is 0.157 e. The highest BCUT2D eigenvalue weighted by atomic mass is 32.2. The second-order valence-corrected chi connectivity index (χ2v) is 6.00. The number of aromatic nitrogens is 2. The second kappa shape index (κ2) is 5.89. The molecule has 0 aliphatic heterocycles. The van der Waals surface area contributed by atoms with Crippen LogP contribution in [-0.2, 0) is 16.4 Å². The largest absolute Gasteiger partial charge is 0.489 e. The summed E-state index contributed by atoms with van der Waals surface area (Å²) in [5, 5.41) is 4.08. The first kappa shape index (κ1) is 13.0. The van der Waals surface area contributed by atoms with E-state index in [0.29, 0.717) is 5.75 Å². The van der Waals surface area contributed by atoms with E-state index in [1.807, 2.05) is 0 Å². The molecule has 0 aliphatic carbocycles. The van der Waals surface area contributed by atoms with Crippen molar-refractivity contribution in [3.63, 3.8) is 0 Å². The van der Waals surface area contributed by atoms with Gasteiger partial charge in [-0.3, -0.25) is 4.68 Å². The highest BCUT2D eigenvalue weighted by Gasteiger charge is 2.07. The number of ether oxygens (including phenoxy) is 1. The summed E-state index contributed by atoms with van der Waals surface area (Å²) in [4.78, 5) is 0. The van der Waals surface area contributed by atoms with Gasteiger partial charge >= 0.3 is 0 Å². The lowest BCUT2D eigenvalue weighted by atomic mass is 10.5. The fourth-order valence-corrected chi connectivity index (χ4v) is 1.83. The average Bonchev–Trinajstić information content (AvgIpc) is 2.66. The maximum atomic E-state index is 11.2. The Morgan fingerprint density at radius 1 is 1.44 bits per heavy atom. The Kier molecular flexibility index (Phi) is 4.79. The number of rotatable bonds is 7. The Hall–Kier alpha value is -1.04. The van der Waals surface area contributed by atoms with Gasteiger partial charge in [-0.15, -0.1) is 0 Å². The molecule has 1 heterocycles. The Labute approximate surface area is 96.3 Å². The molecule has 1 aromatic rings. The van der Waals surface area contributed by atoms with Gasteiger partial charge in [-0.25, -0.2) is 8.42 Å². The Bertz CT molecular complexity index is 411. The maximum absolute atomic E-state index is 11.2. The standard InChI is InChI=1S/C10H18N2O3S/c1-3-5-12-9-10(8-11-12)15-6-7-16(13,14)4-2/h8-9H,3-7H2,1-2H3. The first-order valence-corrected chi connectivity index (χ1v) is 7.25. The van der Waals surface area contributed by atoms with Crippen molar-refractivity contribution in [2.75, 3.05) is 18.1 Å². The number of aryl methyl sites for hydroxylation is 1. The summed E-state index contributed by atoms with van der Waals surface area (Å²) in [5.74, 6) is 0.841. The zero-order chi connectivity index (χ0) is 12.0. The van der Waals surface area contributed by atoms with Crippen molar-refractivity contribution in [2.24, 2.45) is 0 Å². The number of hydrogen-bond acceptors (Lipinski definition) is 4. The van der Waals surface area contributed by atoms with Crippen molar-refractivity contribution >= 4 is 9.84 Å². The third kappa shape index (κ3) is 4.22. The lowest BCUT2D eigenvalue weighted by Crippen LogP contribution is -2.15. The molecule has 0 atom stereocenters. The first-order valence-electron chi connectivity index (χ1n) is 5.43. The molecule has 0 fully saturated rings. The number of nitrogens with zero attached hydrogens (tertiary/aromatic N) is 2. The first-order chi connectivity index (χ1) is 7.57. The van der Waals surface area contributed by atoms with Gasteiger partial charge in [0.05, 0.1) is 18.1 Å². The van der Waals surface area contributed by atoms with Crippen molar-refractivity contribution in [2.45, 2.75) is 26.8 Å². The fourth-order valence-electron chi connectivity index (χ4n) is 1.20. The summed E-state index contributed by atoms with van der Waals surface area (Å²) in [6.07, 6.45) is 4.39. The molecule has 16 heavy (non-hydrogen) atoms. The maximum Gasteiger partial charge on any atom is 0.157 e. The van der Waals surface area contributed by atoms with Crippen LogP contribution < -0.4 is 4.74 Å². The lowest BCUT2D eigenvalue weighted by molar-refractivity contribution is 0.340. The van der Waals surface area contributed by atoms with Crippen LogP contribution in [0.15, 0.2) is 12.4 Å². The van der Waals surface area contributed by atoms with Gasteiger partial charge in [0.2, 0.25) is 0 Å². The molecule has 0 saturated carbocycles. The molecule has 92 valence electrons. The second-order valence-electron chi connectivity index (χ2n) is 3.52. The molecule has 0 saturated heterocycles. The van der Waals surface area contributed by atoms with E-state index >= 15 is 0 Å². The van der Waals surface area contributed by atoms with E-state index in [0.717, 1.165) is 13.0 Å². The Morgan fingerprint density at radius 3 is 2.81 bits per heavy atom. The van der Waals surface area contributed by atoms with E-state index in [-0.39, 0.29) is 18.1 Å². The summed E-state index contributed by atoms with van der Waals surface area (Å²) in [6, 6.07) is 0. The molecule has 1 rings (SSSR count). The zero-order valence-electron chi connectivity index (χ0n) is 9.72. The molecule has 0 amide bonds. The quantitative estimate of drug-likeness (QED) is 0.723. The van der Waals surface area contributed by atoms with E-state index in [9.17, 15) is 8.42 Å². The molecule has 0 unspecified atom stereocenters. The number of sulfone groups is 1. The molecule has 0 spiro atoms. The van der Waals surface area contributed by atoms with Gasteiger partial charge in [0, 0.05) is 12.3 Å². The monoisotopic (exact) mass is 246 g/mol. The van der Waals surface area contributed by atoms with Gasteiger partial charge < -0.3 is 4.74 Å². The van der Waals surface area contributed by atoms with E-state index < -0.39 is 9.84 Å². The minimum Gasteiger partial charge on any atom is -0.489 e. The van der Waals surface area contributed by atoms with Crippen molar-refractivity contribution in [1.82, 2.24) is 9.78 Å². The van der Waals surface area contributed by atoms with Crippen LogP contribution >= 0.6 is 0 Å². The zero-order valence-corrected chi connectivity index (χ0v) is 10.5. The number of hydrogen-bond donors (Lipinski definition) is 0. The van der Waals surface area contributed by atoms with Gasteiger partial charge in [0.15, 0.2) is 15.6 Å². The summed E-state index contributed by atoms with van der Waals surface area (Å²) in [7, 11) is -2.95. The Morgan fingerprint density at radius 2 is 2.19 bits per heavy atom. The van der Waals surface area contributed by atoms with Gasteiger partial charge in [0.1, 0.15) is 6.61 Å². The summed E-state index contributed by atoms with van der Waals surface area (Å²) >= 11 is 0. The van der Waals surface area contributed by atoms with Crippen LogP contribution in [0.4, 0.5) is 0 Å². The van der Waals surface area contributed by atoms with E-state index in [1.165, 1.54) is 0 Å². The van der Waals surface area contributed by atoms with Gasteiger partial charge in [-0.05, 0) is 6.42 Å². The molecule has 0 aromatic carbocycles. The summed E-state index contributed by atoms with van der Waals surface area (Å²) in [6.45, 7) is 4.73. The normalized spacial score (nSPS) is 11.6. The summed E-state index contributed by atoms with van der Waals surface area (Å²) < 4.78 is 29.5. The minimum absolute atomic E-state index is 0.0580. The van der Waals surface area contributed by atoms with Crippen molar-refractivity contribution < 1.29 is 13.2 Å². The van der Waals surface area contributed by atoms with Crippen LogP contribution in [0.25, 0.3) is 0 Å². The SMILES string of the molecule is CCCn1cc(OCCS(=O)(=O)CC)cn1. The molecular formula is C10H18N2O3S. The molecule has 0 bridgehead atoms. The predicted octanol–water partition coefficient (Wildman–Crippen LogP) is 1.11. The van der Waals surface area contributed by atoms with Crippen LogP contribution in [0.3, 0.4) is 0 Å². The van der Waals surface area contributed by atoms with E-state index in [2.05, 4.69) is 12.0 Å². The van der Waals surface area contributed by atoms with Crippen LogP contribution in [0.5, 0.6) is 5.75 Å². The van der Waals surface area contributed by atoms with Crippen LogP contribution in [0.1, 0.15) is 20.3 Å². The molecule has 0 aliphatic rings. The third-order valence-corrected chi connectivity index (χ3v) is 3.83. The van der Waals surface area contributed by atoms with Gasteiger partial charge in [-0.1, -0.05) is 13.8 Å². The van der Waals surface area contributed by atoms with Crippen LogP contribution in [-0.4, -0.2) is 36.3 Å². The van der Waals surface area contributed by atoms with Gasteiger partial charge in [-0.2, -0.15) is 5.10 Å². The third-order valence-electron chi connectivity index (χ3n) is 2.17. The fraction of sp³-hybridized carbons (Fsp3) is 0.700. The Balaban J connectivity index is 2.37. The molecule has 5 nitrogen and oxygen atoms in total. The minimum atomic E-state index is -2.95. The van der Waals surface area contributed by atoms with Gasteiger partial charge in [0.25, 0.3) is 0 Å². The predicted molar refractivity (Wildman–Crippen MR) is 62.3 cm³/mol. The van der Waals surface area contributed by atoms with Crippen molar-refractivity contribution in [3.8, 4) is 5.75 Å². The van der Waals surface area contributed by atoms with Crippen molar-refractivity contribution in [3.05, 3.63) is 12.4 Å². The lowest BCUT2D eigenvalue weighted by Gasteiger charge is -2.02. The highest BCUT2D eigenvalue weighted by Crippen LogP contribution is 2.08. The summed E-state index contributed by atoms with van der Waals surface area (Å²) in [5.41, 5.74) is 0. The topological polar surface area (TPSA) is 61.2 Å². The molecule has 0 radical (unpaired) electrons. The van der Waals surface area contributed by atoms with Crippen LogP contribution in [0, 0.1) is 0 Å². The molecule has 1 aromatic heterocycles. The average molecular weight is 246 g/mol. The van der Waals surface area contributed by atoms with E-state index in [4.69, 9.17) is 4.74 Å². The molecule has 6 heteroatoms.